The molecule has 4 amide bonds. The Balaban J connectivity index is 1.04. The van der Waals surface area contributed by atoms with E-state index in [2.05, 4.69) is 11.5 Å². The Kier molecular flexibility index (Phi) is 12.4. The van der Waals surface area contributed by atoms with Gasteiger partial charge in [-0.3, -0.25) is 24.1 Å². The highest BCUT2D eigenvalue weighted by molar-refractivity contribution is 6.07. The number of para-hydroxylation sites is 1. The van der Waals surface area contributed by atoms with Crippen molar-refractivity contribution in [2.24, 2.45) is 7.05 Å². The molecule has 328 valence electrons. The van der Waals surface area contributed by atoms with Gasteiger partial charge in [0.05, 0.1) is 29.7 Å². The summed E-state index contributed by atoms with van der Waals surface area (Å²) in [6, 6.07) is 26.1. The van der Waals surface area contributed by atoms with Gasteiger partial charge in [-0.05, 0) is 52.9 Å². The third-order valence-electron chi connectivity index (χ3n) is 12.3. The van der Waals surface area contributed by atoms with E-state index in [0.717, 1.165) is 45.3 Å². The lowest BCUT2D eigenvalue weighted by molar-refractivity contribution is -0.205. The third kappa shape index (κ3) is 9.20. The molecule has 2 atom stereocenters. The van der Waals surface area contributed by atoms with Crippen LogP contribution in [0.3, 0.4) is 0 Å². The maximum atomic E-state index is 14.8. The molecule has 4 heterocycles. The van der Waals surface area contributed by atoms with Crippen LogP contribution >= 0.6 is 0 Å². The molecule has 8 rings (SSSR count). The van der Waals surface area contributed by atoms with E-state index in [4.69, 9.17) is 0 Å². The van der Waals surface area contributed by atoms with Crippen molar-refractivity contribution < 1.29 is 37.5 Å². The number of phenolic OH excluding ortho intramolecular Hbond substituents is 1. The number of rotatable bonds is 12. The topological polar surface area (TPSA) is 113 Å². The first kappa shape index (κ1) is 43.2. The Hall–Kier alpha value is -6.45. The predicted octanol–water partition coefficient (Wildman–Crippen LogP) is 5.85. The molecule has 3 saturated heterocycles. The molecule has 0 saturated carbocycles. The van der Waals surface area contributed by atoms with Gasteiger partial charge in [0.25, 0.3) is 5.91 Å². The number of piperazine rings is 2. The highest BCUT2D eigenvalue weighted by Gasteiger charge is 2.51. The number of hydrogen-bond donors (Lipinski definition) is 1. The largest absolute Gasteiger partial charge is 0.508 e. The van der Waals surface area contributed by atoms with E-state index in [1.807, 2.05) is 60.1 Å². The zero-order valence-corrected chi connectivity index (χ0v) is 35.1. The first-order chi connectivity index (χ1) is 30.3. The standard InChI is InChI=1S/C48H50F3N7O5/c1-3-22-56-32-44(61)57-41(27-34-14-19-38(59)20-15-34)47(63)55(31-42(57)58(56)43(60)21-16-33-8-5-4-6-9-33)29-36-10-7-11-39-40(30-52(2)45(36)39)46(62)54-25-23-53(24-26-54)28-35-12-17-37(18-13-35)48(49,50)51/h3-15,17-20,30,41-42,59H,1,16,21-29,31-32H2,2H3/t41-,42-/m0/s1. The molecule has 0 bridgehead atoms. The number of nitrogens with zero attached hydrogens (tertiary/aromatic N) is 7. The monoisotopic (exact) mass is 861 g/mol. The number of phenols is 1. The maximum Gasteiger partial charge on any atom is 0.416 e. The molecule has 0 aliphatic carbocycles. The van der Waals surface area contributed by atoms with E-state index in [1.165, 1.54) is 12.1 Å². The minimum absolute atomic E-state index is 0.0463. The van der Waals surface area contributed by atoms with E-state index in [0.29, 0.717) is 44.7 Å². The Morgan fingerprint density at radius 2 is 1.54 bits per heavy atom. The Bertz CT molecular complexity index is 2480. The van der Waals surface area contributed by atoms with E-state index in [-0.39, 0.29) is 68.4 Å². The summed E-state index contributed by atoms with van der Waals surface area (Å²) in [6.07, 6.45) is -0.910. The summed E-state index contributed by atoms with van der Waals surface area (Å²) in [5.74, 6) is -0.811. The van der Waals surface area contributed by atoms with Gasteiger partial charge in [-0.25, -0.2) is 10.0 Å². The quantitative estimate of drug-likeness (QED) is 0.157. The zero-order chi connectivity index (χ0) is 44.4. The number of halogens is 3. The summed E-state index contributed by atoms with van der Waals surface area (Å²) in [5, 5.41) is 14.1. The molecule has 1 aromatic heterocycles. The summed E-state index contributed by atoms with van der Waals surface area (Å²) < 4.78 is 41.1. The second-order valence-electron chi connectivity index (χ2n) is 16.5. The fourth-order valence-electron chi connectivity index (χ4n) is 9.16. The zero-order valence-electron chi connectivity index (χ0n) is 35.1. The van der Waals surface area contributed by atoms with Gasteiger partial charge in [-0.2, -0.15) is 13.2 Å². The lowest BCUT2D eigenvalue weighted by Crippen LogP contribution is -2.75. The van der Waals surface area contributed by atoms with Crippen molar-refractivity contribution in [3.05, 3.63) is 149 Å². The van der Waals surface area contributed by atoms with Crippen LogP contribution in [0.2, 0.25) is 0 Å². The minimum Gasteiger partial charge on any atom is -0.508 e. The molecule has 0 spiro atoms. The fourth-order valence-corrected chi connectivity index (χ4v) is 9.16. The van der Waals surface area contributed by atoms with Crippen molar-refractivity contribution in [1.82, 2.24) is 34.2 Å². The Morgan fingerprint density at radius 1 is 0.841 bits per heavy atom. The van der Waals surface area contributed by atoms with Crippen LogP contribution in [0.5, 0.6) is 5.75 Å². The van der Waals surface area contributed by atoms with Crippen molar-refractivity contribution in [3.63, 3.8) is 0 Å². The normalized spacial score (nSPS) is 18.9. The molecule has 0 radical (unpaired) electrons. The summed E-state index contributed by atoms with van der Waals surface area (Å²) in [5.41, 5.74) is 3.90. The number of aromatic nitrogens is 1. The molecule has 15 heteroatoms. The molecule has 1 N–H and O–H groups in total. The minimum atomic E-state index is -4.39. The summed E-state index contributed by atoms with van der Waals surface area (Å²) >= 11 is 0. The molecular formula is C48H50F3N7O5. The molecule has 3 aliphatic heterocycles. The molecule has 12 nitrogen and oxygen atoms in total. The first-order valence-electron chi connectivity index (χ1n) is 21.1. The number of alkyl halides is 3. The van der Waals surface area contributed by atoms with E-state index < -0.39 is 23.9 Å². The van der Waals surface area contributed by atoms with Gasteiger partial charge >= 0.3 is 6.18 Å². The maximum absolute atomic E-state index is 14.8. The lowest BCUT2D eigenvalue weighted by Gasteiger charge is -2.55. The molecule has 3 aliphatic rings. The summed E-state index contributed by atoms with van der Waals surface area (Å²) in [4.78, 5) is 64.5. The highest BCUT2D eigenvalue weighted by atomic mass is 19.4. The second kappa shape index (κ2) is 18.1. The third-order valence-corrected chi connectivity index (χ3v) is 12.3. The number of amides is 4. The second-order valence-corrected chi connectivity index (χ2v) is 16.5. The number of hydrazine groups is 1. The number of hydrogen-bond acceptors (Lipinski definition) is 7. The van der Waals surface area contributed by atoms with Gasteiger partial charge < -0.3 is 24.4 Å². The van der Waals surface area contributed by atoms with Gasteiger partial charge in [0.15, 0.2) is 0 Å². The number of carbonyl (C=O) groups is 4. The predicted molar refractivity (Wildman–Crippen MR) is 231 cm³/mol. The van der Waals surface area contributed by atoms with Crippen molar-refractivity contribution in [3.8, 4) is 5.75 Å². The molecular weight excluding hydrogens is 812 g/mol. The van der Waals surface area contributed by atoms with Crippen LogP contribution in [0.25, 0.3) is 10.9 Å². The molecule has 4 aromatic carbocycles. The van der Waals surface area contributed by atoms with Crippen molar-refractivity contribution in [2.45, 2.75) is 50.7 Å². The van der Waals surface area contributed by atoms with Crippen molar-refractivity contribution in [2.75, 3.05) is 45.8 Å². The number of benzene rings is 4. The van der Waals surface area contributed by atoms with Gasteiger partial charge in [0.1, 0.15) is 18.0 Å². The van der Waals surface area contributed by atoms with Crippen LogP contribution in [0.15, 0.2) is 116 Å². The smallest absolute Gasteiger partial charge is 0.416 e. The van der Waals surface area contributed by atoms with E-state index >= 15 is 0 Å². The van der Waals surface area contributed by atoms with Crippen LogP contribution in [-0.4, -0.2) is 121 Å². The van der Waals surface area contributed by atoms with Crippen molar-refractivity contribution in [1.29, 1.82) is 0 Å². The highest BCUT2D eigenvalue weighted by Crippen LogP contribution is 2.33. The molecule has 5 aromatic rings. The Labute approximate surface area is 363 Å². The number of aromatic hydroxyl groups is 1. The average Bonchev–Trinajstić information content (AvgIpc) is 3.62. The number of fused-ring (bicyclic) bond motifs is 2. The van der Waals surface area contributed by atoms with Crippen LogP contribution in [0.1, 0.15) is 44.6 Å². The van der Waals surface area contributed by atoms with Gasteiger partial charge in [-0.1, -0.05) is 78.9 Å². The number of carbonyl (C=O) groups excluding carboxylic acids is 4. The number of aryl methyl sites for hydroxylation is 2. The summed E-state index contributed by atoms with van der Waals surface area (Å²) in [7, 11) is 1.86. The average molecular weight is 862 g/mol. The van der Waals surface area contributed by atoms with Crippen LogP contribution in [-0.2, 0) is 53.5 Å². The molecule has 0 unspecified atom stereocenters. The molecule has 3 fully saturated rings. The fraction of sp³-hybridized carbons (Fsp3) is 0.333. The summed E-state index contributed by atoms with van der Waals surface area (Å²) in [6.45, 7) is 6.70. The van der Waals surface area contributed by atoms with Crippen LogP contribution in [0.4, 0.5) is 13.2 Å². The van der Waals surface area contributed by atoms with E-state index in [9.17, 15) is 37.5 Å². The lowest BCUT2D eigenvalue weighted by atomic mass is 9.97. The van der Waals surface area contributed by atoms with Gasteiger partial charge in [-0.15, -0.1) is 6.58 Å². The van der Waals surface area contributed by atoms with E-state index in [1.54, 1.807) is 61.3 Å². The van der Waals surface area contributed by atoms with Crippen molar-refractivity contribution >= 4 is 34.5 Å². The van der Waals surface area contributed by atoms with Crippen LogP contribution in [0, 0.1) is 0 Å². The molecule has 63 heavy (non-hydrogen) atoms. The van der Waals surface area contributed by atoms with Crippen LogP contribution < -0.4 is 0 Å². The SMILES string of the molecule is C=CCN1CC(=O)N2[C@@H](Cc3ccc(O)cc3)C(=O)N(Cc3cccc4c(C(=O)N5CCN(Cc6ccc(C(F)(F)F)cc6)CC5)cn(C)c34)C[C@@H]2N1C(=O)CCc1ccccc1. The Morgan fingerprint density at radius 3 is 2.22 bits per heavy atom. The van der Waals surface area contributed by atoms with Gasteiger partial charge in [0.2, 0.25) is 17.7 Å². The first-order valence-corrected chi connectivity index (χ1v) is 21.1. The van der Waals surface area contributed by atoms with Gasteiger partial charge in [0, 0.05) is 77.3 Å².